The first-order valence-corrected chi connectivity index (χ1v) is 7.82. The summed E-state index contributed by atoms with van der Waals surface area (Å²) in [7, 11) is 1.42. The molecular weight excluding hydrogens is 334 g/mol. The van der Waals surface area contributed by atoms with Crippen molar-refractivity contribution in [3.05, 3.63) is 56.5 Å². The number of benzene rings is 1. The Hall–Kier alpha value is -3.58. The summed E-state index contributed by atoms with van der Waals surface area (Å²) in [5.41, 5.74) is 1.94. The fourth-order valence-corrected chi connectivity index (χ4v) is 2.64. The van der Waals surface area contributed by atoms with Crippen molar-refractivity contribution in [1.82, 2.24) is 4.98 Å². The molecule has 0 fully saturated rings. The van der Waals surface area contributed by atoms with Crippen LogP contribution >= 0.6 is 0 Å². The molecule has 0 aliphatic carbocycles. The minimum absolute atomic E-state index is 0.0488. The Morgan fingerprint density at radius 2 is 1.92 bits per heavy atom. The number of rotatable bonds is 5. The van der Waals surface area contributed by atoms with Crippen LogP contribution in [0.2, 0.25) is 0 Å². The summed E-state index contributed by atoms with van der Waals surface area (Å²) in [6.07, 6.45) is 0.377. The Bertz CT molecular complexity index is 994. The molecule has 1 aromatic heterocycles. The van der Waals surface area contributed by atoms with E-state index < -0.39 is 11.5 Å². The SMILES string of the molecule is COc1cc(C#N)ccc1OC(=O)CCc1c(C)[nH]c(=O)c(C#N)c1C. The van der Waals surface area contributed by atoms with Gasteiger partial charge in [-0.25, -0.2) is 0 Å². The van der Waals surface area contributed by atoms with Crippen molar-refractivity contribution in [3.8, 4) is 23.6 Å². The molecule has 2 rings (SSSR count). The van der Waals surface area contributed by atoms with E-state index in [4.69, 9.17) is 20.0 Å². The summed E-state index contributed by atoms with van der Waals surface area (Å²) in [4.78, 5) is 26.5. The number of aromatic nitrogens is 1. The molecule has 132 valence electrons. The number of esters is 1. The van der Waals surface area contributed by atoms with Gasteiger partial charge in [-0.1, -0.05) is 0 Å². The fraction of sp³-hybridized carbons (Fsp3) is 0.263. The minimum Gasteiger partial charge on any atom is -0.493 e. The van der Waals surface area contributed by atoms with Crippen molar-refractivity contribution in [2.45, 2.75) is 26.7 Å². The number of carbonyl (C=O) groups is 1. The number of aryl methyl sites for hydroxylation is 1. The van der Waals surface area contributed by atoms with Gasteiger partial charge in [-0.3, -0.25) is 9.59 Å². The van der Waals surface area contributed by atoms with Gasteiger partial charge in [0, 0.05) is 11.8 Å². The fourth-order valence-electron chi connectivity index (χ4n) is 2.64. The predicted octanol–water partition coefficient (Wildman–Crippen LogP) is 2.28. The van der Waals surface area contributed by atoms with Crippen molar-refractivity contribution < 1.29 is 14.3 Å². The number of methoxy groups -OCH3 is 1. The zero-order chi connectivity index (χ0) is 19.3. The Kier molecular flexibility index (Phi) is 5.77. The summed E-state index contributed by atoms with van der Waals surface area (Å²) in [6.45, 7) is 3.41. The van der Waals surface area contributed by atoms with Crippen LogP contribution in [0.1, 0.15) is 34.4 Å². The van der Waals surface area contributed by atoms with Crippen molar-refractivity contribution in [2.75, 3.05) is 7.11 Å². The normalized spacial score (nSPS) is 9.88. The highest BCUT2D eigenvalue weighted by molar-refractivity contribution is 5.74. The van der Waals surface area contributed by atoms with E-state index in [1.165, 1.54) is 25.3 Å². The first kappa shape index (κ1) is 18.8. The first-order valence-electron chi connectivity index (χ1n) is 7.82. The minimum atomic E-state index is -0.489. The molecule has 7 heteroatoms. The Morgan fingerprint density at radius 3 is 2.54 bits per heavy atom. The topological polar surface area (TPSA) is 116 Å². The van der Waals surface area contributed by atoms with Crippen molar-refractivity contribution >= 4 is 5.97 Å². The monoisotopic (exact) mass is 351 g/mol. The largest absolute Gasteiger partial charge is 0.493 e. The summed E-state index contributed by atoms with van der Waals surface area (Å²) >= 11 is 0. The highest BCUT2D eigenvalue weighted by Gasteiger charge is 2.15. The van der Waals surface area contributed by atoms with Gasteiger partial charge in [0.15, 0.2) is 11.5 Å². The number of carbonyl (C=O) groups excluding carboxylic acids is 1. The molecule has 0 radical (unpaired) electrons. The number of nitrogens with one attached hydrogen (secondary N) is 1. The van der Waals surface area contributed by atoms with Crippen LogP contribution in [-0.4, -0.2) is 18.1 Å². The molecule has 26 heavy (non-hydrogen) atoms. The third-order valence-corrected chi connectivity index (χ3v) is 4.02. The lowest BCUT2D eigenvalue weighted by molar-refractivity contribution is -0.134. The maximum Gasteiger partial charge on any atom is 0.311 e. The molecule has 0 aliphatic rings. The quantitative estimate of drug-likeness (QED) is 0.652. The number of aromatic amines is 1. The van der Waals surface area contributed by atoms with E-state index in [-0.39, 0.29) is 17.7 Å². The van der Waals surface area contributed by atoms with E-state index in [1.807, 2.05) is 12.1 Å². The van der Waals surface area contributed by atoms with Crippen LogP contribution in [-0.2, 0) is 11.2 Å². The molecule has 1 N–H and O–H groups in total. The number of pyridine rings is 1. The van der Waals surface area contributed by atoms with Gasteiger partial charge in [-0.05, 0) is 43.5 Å². The molecule has 0 amide bonds. The number of nitrogens with zero attached hydrogens (tertiary/aromatic N) is 2. The van der Waals surface area contributed by atoms with Crippen LogP contribution < -0.4 is 15.0 Å². The number of H-pyrrole nitrogens is 1. The standard InChI is InChI=1S/C19H17N3O4/c1-11-14(12(2)22-19(24)15(11)10-21)5-7-18(23)26-16-6-4-13(9-20)8-17(16)25-3/h4,6,8H,5,7H2,1-3H3,(H,22,24). The Balaban J connectivity index is 2.15. The van der Waals surface area contributed by atoms with Crippen LogP contribution in [0.5, 0.6) is 11.5 Å². The third kappa shape index (κ3) is 3.90. The van der Waals surface area contributed by atoms with E-state index >= 15 is 0 Å². The van der Waals surface area contributed by atoms with E-state index in [2.05, 4.69) is 4.98 Å². The maximum atomic E-state index is 12.2. The zero-order valence-corrected chi connectivity index (χ0v) is 14.7. The molecule has 0 unspecified atom stereocenters. The van der Waals surface area contributed by atoms with Gasteiger partial charge in [0.05, 0.1) is 25.2 Å². The zero-order valence-electron chi connectivity index (χ0n) is 14.7. The molecular formula is C19H17N3O4. The lowest BCUT2D eigenvalue weighted by Gasteiger charge is -2.12. The van der Waals surface area contributed by atoms with E-state index in [0.717, 1.165) is 5.56 Å². The highest BCUT2D eigenvalue weighted by atomic mass is 16.6. The average Bonchev–Trinajstić information content (AvgIpc) is 2.61. The second kappa shape index (κ2) is 8.00. The lowest BCUT2D eigenvalue weighted by atomic mass is 9.99. The van der Waals surface area contributed by atoms with Gasteiger partial charge < -0.3 is 14.5 Å². The summed E-state index contributed by atoms with van der Waals surface area (Å²) < 4.78 is 10.4. The molecule has 0 saturated heterocycles. The second-order valence-corrected chi connectivity index (χ2v) is 5.62. The average molecular weight is 351 g/mol. The van der Waals surface area contributed by atoms with Crippen molar-refractivity contribution in [1.29, 1.82) is 10.5 Å². The Morgan fingerprint density at radius 1 is 1.19 bits per heavy atom. The van der Waals surface area contributed by atoms with Crippen LogP contribution in [0.15, 0.2) is 23.0 Å². The first-order chi connectivity index (χ1) is 12.4. The summed E-state index contributed by atoms with van der Waals surface area (Å²) in [6, 6.07) is 8.37. The number of ether oxygens (including phenoxy) is 2. The molecule has 1 heterocycles. The lowest BCUT2D eigenvalue weighted by Crippen LogP contribution is -2.18. The van der Waals surface area contributed by atoms with Crippen molar-refractivity contribution in [3.63, 3.8) is 0 Å². The number of nitriles is 2. The van der Waals surface area contributed by atoms with Crippen LogP contribution in [0.4, 0.5) is 0 Å². The van der Waals surface area contributed by atoms with Crippen LogP contribution in [0.25, 0.3) is 0 Å². The molecule has 0 saturated carbocycles. The van der Waals surface area contributed by atoms with Gasteiger partial charge in [-0.15, -0.1) is 0 Å². The Labute approximate surface area is 150 Å². The van der Waals surface area contributed by atoms with Crippen LogP contribution in [0, 0.1) is 36.5 Å². The van der Waals surface area contributed by atoms with Gasteiger partial charge in [0.2, 0.25) is 0 Å². The highest BCUT2D eigenvalue weighted by Crippen LogP contribution is 2.28. The second-order valence-electron chi connectivity index (χ2n) is 5.62. The predicted molar refractivity (Wildman–Crippen MR) is 92.9 cm³/mol. The maximum absolute atomic E-state index is 12.2. The summed E-state index contributed by atoms with van der Waals surface area (Å²) in [5.74, 6) is 0.0289. The van der Waals surface area contributed by atoms with Gasteiger partial charge >= 0.3 is 5.97 Å². The molecule has 7 nitrogen and oxygen atoms in total. The van der Waals surface area contributed by atoms with Crippen LogP contribution in [0.3, 0.4) is 0 Å². The molecule has 1 aromatic carbocycles. The molecule has 0 atom stereocenters. The van der Waals surface area contributed by atoms with E-state index in [1.54, 1.807) is 13.8 Å². The smallest absolute Gasteiger partial charge is 0.311 e. The van der Waals surface area contributed by atoms with Gasteiger partial charge in [0.1, 0.15) is 11.6 Å². The van der Waals surface area contributed by atoms with E-state index in [9.17, 15) is 9.59 Å². The van der Waals surface area contributed by atoms with Crippen molar-refractivity contribution in [2.24, 2.45) is 0 Å². The number of hydrogen-bond donors (Lipinski definition) is 1. The molecule has 0 aliphatic heterocycles. The summed E-state index contributed by atoms with van der Waals surface area (Å²) in [5, 5.41) is 18.0. The molecule has 0 spiro atoms. The molecule has 0 bridgehead atoms. The third-order valence-electron chi connectivity index (χ3n) is 4.02. The number of hydrogen-bond acceptors (Lipinski definition) is 6. The van der Waals surface area contributed by atoms with Gasteiger partial charge in [-0.2, -0.15) is 10.5 Å². The molecule has 2 aromatic rings. The van der Waals surface area contributed by atoms with Gasteiger partial charge in [0.25, 0.3) is 5.56 Å². The van der Waals surface area contributed by atoms with E-state index in [0.29, 0.717) is 29.0 Å².